The van der Waals surface area contributed by atoms with Gasteiger partial charge in [0.2, 0.25) is 5.91 Å². The van der Waals surface area contributed by atoms with Crippen LogP contribution in [0.1, 0.15) is 16.8 Å². The SMILES string of the molecule is Cc1ccc(NC(=O)Cn2c(-c3cnccn3)nc(C)c(CCO)c2=O)cc1. The summed E-state index contributed by atoms with van der Waals surface area (Å²) in [7, 11) is 0. The van der Waals surface area contributed by atoms with Crippen molar-refractivity contribution in [2.45, 2.75) is 26.8 Å². The first-order valence-corrected chi connectivity index (χ1v) is 8.83. The number of carbonyl (C=O) groups is 1. The minimum atomic E-state index is -0.374. The van der Waals surface area contributed by atoms with Crippen LogP contribution in [-0.2, 0) is 17.8 Å². The zero-order chi connectivity index (χ0) is 20.1. The number of aromatic nitrogens is 4. The van der Waals surface area contributed by atoms with Crippen LogP contribution in [0.4, 0.5) is 5.69 Å². The van der Waals surface area contributed by atoms with E-state index in [1.807, 2.05) is 19.1 Å². The first-order chi connectivity index (χ1) is 13.5. The zero-order valence-corrected chi connectivity index (χ0v) is 15.7. The van der Waals surface area contributed by atoms with E-state index in [0.717, 1.165) is 5.56 Å². The highest BCUT2D eigenvalue weighted by molar-refractivity contribution is 5.90. The Bertz CT molecular complexity index is 1030. The lowest BCUT2D eigenvalue weighted by atomic mass is 10.1. The smallest absolute Gasteiger partial charge is 0.257 e. The minimum Gasteiger partial charge on any atom is -0.396 e. The topological polar surface area (TPSA) is 110 Å². The van der Waals surface area contributed by atoms with Crippen molar-refractivity contribution in [3.63, 3.8) is 0 Å². The monoisotopic (exact) mass is 379 g/mol. The number of aryl methyl sites for hydroxylation is 2. The van der Waals surface area contributed by atoms with Crippen molar-refractivity contribution in [2.24, 2.45) is 0 Å². The zero-order valence-electron chi connectivity index (χ0n) is 15.7. The number of carbonyl (C=O) groups excluding carboxylic acids is 1. The lowest BCUT2D eigenvalue weighted by Crippen LogP contribution is -2.33. The molecule has 0 spiro atoms. The molecule has 3 rings (SSSR count). The molecule has 1 amide bonds. The molecule has 0 saturated carbocycles. The van der Waals surface area contributed by atoms with Gasteiger partial charge in [-0.25, -0.2) is 9.97 Å². The molecular formula is C20H21N5O3. The molecule has 0 aliphatic heterocycles. The molecular weight excluding hydrogens is 358 g/mol. The quantitative estimate of drug-likeness (QED) is 0.671. The molecule has 144 valence electrons. The summed E-state index contributed by atoms with van der Waals surface area (Å²) in [5.41, 5.74) is 2.60. The van der Waals surface area contributed by atoms with E-state index >= 15 is 0 Å². The van der Waals surface area contributed by atoms with Gasteiger partial charge in [0, 0.05) is 42.4 Å². The van der Waals surface area contributed by atoms with Gasteiger partial charge in [0.15, 0.2) is 5.82 Å². The van der Waals surface area contributed by atoms with Crippen LogP contribution in [0, 0.1) is 13.8 Å². The molecule has 28 heavy (non-hydrogen) atoms. The second kappa shape index (κ2) is 8.53. The molecule has 0 bridgehead atoms. The van der Waals surface area contributed by atoms with Crippen LogP contribution in [0.3, 0.4) is 0 Å². The number of hydrogen-bond acceptors (Lipinski definition) is 6. The molecule has 8 nitrogen and oxygen atoms in total. The predicted molar refractivity (Wildman–Crippen MR) is 105 cm³/mol. The maximum atomic E-state index is 13.0. The number of nitrogens with one attached hydrogen (secondary N) is 1. The van der Waals surface area contributed by atoms with Crippen molar-refractivity contribution in [1.29, 1.82) is 0 Å². The van der Waals surface area contributed by atoms with Gasteiger partial charge >= 0.3 is 0 Å². The number of amides is 1. The van der Waals surface area contributed by atoms with Crippen LogP contribution < -0.4 is 10.9 Å². The third kappa shape index (κ3) is 4.29. The Kier molecular flexibility index (Phi) is 5.90. The molecule has 2 heterocycles. The van der Waals surface area contributed by atoms with Crippen molar-refractivity contribution < 1.29 is 9.90 Å². The van der Waals surface area contributed by atoms with Gasteiger partial charge in [-0.2, -0.15) is 0 Å². The average Bonchev–Trinajstić information content (AvgIpc) is 2.69. The Balaban J connectivity index is 1.99. The Morgan fingerprint density at radius 3 is 2.57 bits per heavy atom. The fourth-order valence-corrected chi connectivity index (χ4v) is 2.84. The number of rotatable bonds is 6. The summed E-state index contributed by atoms with van der Waals surface area (Å²) in [6.07, 6.45) is 4.66. The summed E-state index contributed by atoms with van der Waals surface area (Å²) in [4.78, 5) is 38.2. The number of nitrogens with zero attached hydrogens (tertiary/aromatic N) is 4. The molecule has 0 radical (unpaired) electrons. The van der Waals surface area contributed by atoms with Crippen LogP contribution in [0.5, 0.6) is 0 Å². The van der Waals surface area contributed by atoms with Gasteiger partial charge in [0.25, 0.3) is 5.56 Å². The van der Waals surface area contributed by atoms with Crippen molar-refractivity contribution in [3.8, 4) is 11.5 Å². The van der Waals surface area contributed by atoms with Crippen LogP contribution in [0.15, 0.2) is 47.7 Å². The molecule has 2 N–H and O–H groups in total. The molecule has 0 aliphatic carbocycles. The van der Waals surface area contributed by atoms with E-state index in [4.69, 9.17) is 0 Å². The van der Waals surface area contributed by atoms with Gasteiger partial charge in [-0.3, -0.25) is 19.1 Å². The minimum absolute atomic E-state index is 0.165. The molecule has 0 fully saturated rings. The van der Waals surface area contributed by atoms with E-state index in [0.29, 0.717) is 22.6 Å². The standard InChI is InChI=1S/C20H21N5O3/c1-13-3-5-15(6-4-13)24-18(27)12-25-19(17-11-21-8-9-22-17)23-14(2)16(7-10-26)20(25)28/h3-6,8-9,11,26H,7,10,12H2,1-2H3,(H,24,27). The third-order valence-electron chi connectivity index (χ3n) is 4.26. The summed E-state index contributed by atoms with van der Waals surface area (Å²) in [6, 6.07) is 7.37. The van der Waals surface area contributed by atoms with E-state index in [2.05, 4.69) is 20.3 Å². The van der Waals surface area contributed by atoms with Gasteiger partial charge < -0.3 is 10.4 Å². The van der Waals surface area contributed by atoms with Crippen molar-refractivity contribution in [1.82, 2.24) is 19.5 Å². The molecule has 2 aromatic heterocycles. The fraction of sp³-hybridized carbons (Fsp3) is 0.250. The first-order valence-electron chi connectivity index (χ1n) is 8.83. The van der Waals surface area contributed by atoms with Crippen molar-refractivity contribution in [2.75, 3.05) is 11.9 Å². The highest BCUT2D eigenvalue weighted by Crippen LogP contribution is 2.15. The number of anilines is 1. The van der Waals surface area contributed by atoms with Gasteiger partial charge in [-0.1, -0.05) is 17.7 Å². The Morgan fingerprint density at radius 1 is 1.18 bits per heavy atom. The number of benzene rings is 1. The molecule has 0 saturated heterocycles. The first kappa shape index (κ1) is 19.4. The predicted octanol–water partition coefficient (Wildman–Crippen LogP) is 1.49. The molecule has 8 heteroatoms. The lowest BCUT2D eigenvalue weighted by Gasteiger charge is -2.15. The molecule has 3 aromatic rings. The second-order valence-electron chi connectivity index (χ2n) is 6.37. The Labute approximate surface area is 161 Å². The molecule has 0 unspecified atom stereocenters. The van der Waals surface area contributed by atoms with Crippen molar-refractivity contribution in [3.05, 3.63) is 70.0 Å². The summed E-state index contributed by atoms with van der Waals surface area (Å²) < 4.78 is 1.27. The second-order valence-corrected chi connectivity index (χ2v) is 6.37. The molecule has 0 atom stereocenters. The van der Waals surface area contributed by atoms with Crippen LogP contribution in [0.2, 0.25) is 0 Å². The average molecular weight is 379 g/mol. The summed E-state index contributed by atoms with van der Waals surface area (Å²) in [6.45, 7) is 3.24. The fourth-order valence-electron chi connectivity index (χ4n) is 2.84. The third-order valence-corrected chi connectivity index (χ3v) is 4.26. The van der Waals surface area contributed by atoms with E-state index in [9.17, 15) is 14.7 Å². The van der Waals surface area contributed by atoms with Crippen LogP contribution in [-0.4, -0.2) is 37.1 Å². The van der Waals surface area contributed by atoms with Gasteiger partial charge in [-0.05, 0) is 26.0 Å². The Morgan fingerprint density at radius 2 is 1.93 bits per heavy atom. The van der Waals surface area contributed by atoms with E-state index < -0.39 is 0 Å². The van der Waals surface area contributed by atoms with E-state index in [1.54, 1.807) is 19.1 Å². The van der Waals surface area contributed by atoms with Gasteiger partial charge in [0.05, 0.1) is 6.20 Å². The van der Waals surface area contributed by atoms with Gasteiger partial charge in [0.1, 0.15) is 12.2 Å². The summed E-state index contributed by atoms with van der Waals surface area (Å²) >= 11 is 0. The molecule has 1 aromatic carbocycles. The maximum absolute atomic E-state index is 13.0. The van der Waals surface area contributed by atoms with E-state index in [1.165, 1.54) is 23.2 Å². The highest BCUT2D eigenvalue weighted by atomic mass is 16.3. The van der Waals surface area contributed by atoms with Crippen LogP contribution in [0.25, 0.3) is 11.5 Å². The normalized spacial score (nSPS) is 10.7. The van der Waals surface area contributed by atoms with Crippen molar-refractivity contribution >= 4 is 11.6 Å². The lowest BCUT2D eigenvalue weighted by molar-refractivity contribution is -0.116. The highest BCUT2D eigenvalue weighted by Gasteiger charge is 2.18. The number of aliphatic hydroxyl groups is 1. The Hall–Kier alpha value is -3.39. The summed E-state index contributed by atoms with van der Waals surface area (Å²) in [5.74, 6) is -0.104. The number of hydrogen-bond donors (Lipinski definition) is 2. The molecule has 0 aliphatic rings. The number of aliphatic hydroxyl groups excluding tert-OH is 1. The summed E-state index contributed by atoms with van der Waals surface area (Å²) in [5, 5.41) is 12.0. The largest absolute Gasteiger partial charge is 0.396 e. The van der Waals surface area contributed by atoms with Gasteiger partial charge in [-0.15, -0.1) is 0 Å². The van der Waals surface area contributed by atoms with E-state index in [-0.39, 0.29) is 36.9 Å². The maximum Gasteiger partial charge on any atom is 0.257 e. The van der Waals surface area contributed by atoms with Crippen LogP contribution >= 0.6 is 0 Å².